The number of anilines is 1. The van der Waals surface area contributed by atoms with Crippen molar-refractivity contribution in [3.05, 3.63) is 24.3 Å². The van der Waals surface area contributed by atoms with Gasteiger partial charge in [-0.15, -0.1) is 0 Å². The zero-order chi connectivity index (χ0) is 13.8. The number of phosphoric acid groups is 1. The molecule has 0 spiro atoms. The van der Waals surface area contributed by atoms with Gasteiger partial charge in [-0.25, -0.2) is 4.57 Å². The molecule has 18 heavy (non-hydrogen) atoms. The van der Waals surface area contributed by atoms with Crippen LogP contribution in [0.4, 0.5) is 5.69 Å². The third-order valence-corrected chi connectivity index (χ3v) is 3.09. The molecule has 0 aromatic heterocycles. The summed E-state index contributed by atoms with van der Waals surface area (Å²) < 4.78 is 22.1. The number of nitrogens with zero attached hydrogens (tertiary/aromatic N) is 1. The highest BCUT2D eigenvalue weighted by Crippen LogP contribution is 2.45. The summed E-state index contributed by atoms with van der Waals surface area (Å²) in [6.07, 6.45) is 0. The minimum Gasteiger partial charge on any atom is -0.402 e. The zero-order valence-corrected chi connectivity index (χ0v) is 11.8. The van der Waals surface area contributed by atoms with Crippen LogP contribution in [-0.2, 0) is 9.09 Å². The molecular weight excluding hydrogens is 255 g/mol. The Morgan fingerprint density at radius 2 is 1.94 bits per heavy atom. The van der Waals surface area contributed by atoms with E-state index in [0.717, 1.165) is 0 Å². The summed E-state index contributed by atoms with van der Waals surface area (Å²) >= 11 is 0. The highest BCUT2D eigenvalue weighted by molar-refractivity contribution is 7.47. The highest BCUT2D eigenvalue weighted by Gasteiger charge is 2.25. The molecule has 0 radical (unpaired) electrons. The molecule has 0 bridgehead atoms. The van der Waals surface area contributed by atoms with Crippen LogP contribution in [0.1, 0.15) is 0 Å². The molecule has 0 aliphatic rings. The summed E-state index contributed by atoms with van der Waals surface area (Å²) in [5.41, 5.74) is 5.90. The van der Waals surface area contributed by atoms with Gasteiger partial charge in [0.05, 0.1) is 26.8 Å². The molecular formula is C11H20N2O4P+. The summed E-state index contributed by atoms with van der Waals surface area (Å²) in [6.45, 7) is 0.724. The minimum atomic E-state index is -4.12. The van der Waals surface area contributed by atoms with E-state index in [0.29, 0.717) is 16.7 Å². The van der Waals surface area contributed by atoms with Gasteiger partial charge in [0.1, 0.15) is 13.2 Å². The second kappa shape index (κ2) is 5.71. The molecule has 0 aliphatic carbocycles. The fourth-order valence-corrected chi connectivity index (χ4v) is 1.92. The number of nitrogens with two attached hydrogens (primary N) is 1. The van der Waals surface area contributed by atoms with E-state index in [1.165, 1.54) is 6.07 Å². The molecule has 102 valence electrons. The highest BCUT2D eigenvalue weighted by atomic mass is 31.2. The van der Waals surface area contributed by atoms with Crippen molar-refractivity contribution >= 4 is 13.5 Å². The Balaban J connectivity index is 2.55. The summed E-state index contributed by atoms with van der Waals surface area (Å²) in [7, 11) is 1.76. The van der Waals surface area contributed by atoms with Gasteiger partial charge in [0.25, 0.3) is 0 Å². The third kappa shape index (κ3) is 5.51. The van der Waals surface area contributed by atoms with E-state index in [4.69, 9.17) is 14.8 Å². The molecule has 1 aromatic rings. The Morgan fingerprint density at radius 3 is 2.50 bits per heavy atom. The minimum absolute atomic E-state index is 0.129. The summed E-state index contributed by atoms with van der Waals surface area (Å²) in [5.74, 6) is 0.147. The first-order valence-corrected chi connectivity index (χ1v) is 7.01. The molecule has 0 heterocycles. The molecule has 0 saturated heterocycles. The van der Waals surface area contributed by atoms with Crippen LogP contribution in [0.25, 0.3) is 0 Å². The van der Waals surface area contributed by atoms with Crippen LogP contribution in [0, 0.1) is 0 Å². The number of likely N-dealkylation sites (N-methyl/N-ethyl adjacent to an activating group) is 1. The van der Waals surface area contributed by atoms with Gasteiger partial charge in [0.15, 0.2) is 5.75 Å². The zero-order valence-electron chi connectivity index (χ0n) is 10.9. The maximum absolute atomic E-state index is 11.7. The van der Waals surface area contributed by atoms with Gasteiger partial charge in [0, 0.05) is 0 Å². The summed E-state index contributed by atoms with van der Waals surface area (Å²) in [6, 6.07) is 6.48. The van der Waals surface area contributed by atoms with Gasteiger partial charge < -0.3 is 14.7 Å². The fraction of sp³-hybridized carbons (Fsp3) is 0.455. The van der Waals surface area contributed by atoms with Crippen LogP contribution in [0.15, 0.2) is 24.3 Å². The predicted molar refractivity (Wildman–Crippen MR) is 70.2 cm³/mol. The molecule has 0 amide bonds. The Labute approximate surface area is 107 Å². The Hall–Kier alpha value is -1.07. The number of para-hydroxylation sites is 2. The number of hydrogen-bond acceptors (Lipinski definition) is 4. The topological polar surface area (TPSA) is 81.8 Å². The molecule has 6 nitrogen and oxygen atoms in total. The monoisotopic (exact) mass is 275 g/mol. The molecule has 1 unspecified atom stereocenters. The average Bonchev–Trinajstić information content (AvgIpc) is 2.18. The van der Waals surface area contributed by atoms with E-state index < -0.39 is 7.82 Å². The van der Waals surface area contributed by atoms with Crippen LogP contribution in [0.3, 0.4) is 0 Å². The van der Waals surface area contributed by atoms with Gasteiger partial charge in [-0.1, -0.05) is 12.1 Å². The van der Waals surface area contributed by atoms with E-state index in [9.17, 15) is 9.46 Å². The van der Waals surface area contributed by atoms with E-state index >= 15 is 0 Å². The molecule has 1 atom stereocenters. The SMILES string of the molecule is C[N+](C)(C)CCOP(=O)(O)Oc1ccccc1N. The van der Waals surface area contributed by atoms with Crippen molar-refractivity contribution in [3.63, 3.8) is 0 Å². The van der Waals surface area contributed by atoms with Gasteiger partial charge in [0.2, 0.25) is 0 Å². The first kappa shape index (κ1) is 15.0. The smallest absolute Gasteiger partial charge is 0.402 e. The number of hydrogen-bond donors (Lipinski definition) is 2. The average molecular weight is 275 g/mol. The van der Waals surface area contributed by atoms with E-state index in [1.54, 1.807) is 18.2 Å². The van der Waals surface area contributed by atoms with Crippen LogP contribution in [0.5, 0.6) is 5.75 Å². The third-order valence-electron chi connectivity index (χ3n) is 2.15. The number of nitrogen functional groups attached to an aromatic ring is 1. The predicted octanol–water partition coefficient (Wildman–Crippen LogP) is 1.47. The van der Waals surface area contributed by atoms with Crippen molar-refractivity contribution < 1.29 is 23.0 Å². The number of rotatable bonds is 6. The number of benzene rings is 1. The lowest BCUT2D eigenvalue weighted by Gasteiger charge is -2.24. The molecule has 1 rings (SSSR count). The fourth-order valence-electron chi connectivity index (χ4n) is 1.14. The molecule has 0 aliphatic heterocycles. The molecule has 7 heteroatoms. The van der Waals surface area contributed by atoms with Crippen LogP contribution in [0.2, 0.25) is 0 Å². The van der Waals surface area contributed by atoms with Crippen molar-refractivity contribution in [1.82, 2.24) is 0 Å². The lowest BCUT2D eigenvalue weighted by Crippen LogP contribution is -2.37. The lowest BCUT2D eigenvalue weighted by molar-refractivity contribution is -0.870. The molecule has 3 N–H and O–H groups in total. The Kier molecular flexibility index (Phi) is 4.76. The Morgan fingerprint density at radius 1 is 1.33 bits per heavy atom. The molecule has 1 aromatic carbocycles. The normalized spacial score (nSPS) is 15.1. The van der Waals surface area contributed by atoms with Gasteiger partial charge in [-0.3, -0.25) is 9.42 Å². The maximum Gasteiger partial charge on any atom is 0.527 e. The lowest BCUT2D eigenvalue weighted by atomic mass is 10.3. The second-order valence-electron chi connectivity index (χ2n) is 4.94. The number of quaternary nitrogens is 1. The largest absolute Gasteiger partial charge is 0.527 e. The molecule has 0 saturated carbocycles. The first-order chi connectivity index (χ1) is 8.20. The van der Waals surface area contributed by atoms with Crippen molar-refractivity contribution in [2.24, 2.45) is 0 Å². The van der Waals surface area contributed by atoms with Crippen molar-refractivity contribution in [3.8, 4) is 5.75 Å². The van der Waals surface area contributed by atoms with E-state index in [1.807, 2.05) is 21.1 Å². The van der Waals surface area contributed by atoms with Crippen molar-refractivity contribution in [2.45, 2.75) is 0 Å². The quantitative estimate of drug-likeness (QED) is 0.467. The summed E-state index contributed by atoms with van der Waals surface area (Å²) in [4.78, 5) is 9.54. The van der Waals surface area contributed by atoms with Crippen LogP contribution < -0.4 is 10.3 Å². The Bertz CT molecular complexity index is 445. The van der Waals surface area contributed by atoms with E-state index in [-0.39, 0.29) is 12.4 Å². The van der Waals surface area contributed by atoms with Gasteiger partial charge in [-0.05, 0) is 12.1 Å². The van der Waals surface area contributed by atoms with Gasteiger partial charge in [-0.2, -0.15) is 0 Å². The first-order valence-electron chi connectivity index (χ1n) is 5.51. The van der Waals surface area contributed by atoms with Crippen LogP contribution >= 0.6 is 7.82 Å². The van der Waals surface area contributed by atoms with Crippen LogP contribution in [-0.4, -0.2) is 43.7 Å². The maximum atomic E-state index is 11.7. The van der Waals surface area contributed by atoms with E-state index in [2.05, 4.69) is 0 Å². The second-order valence-corrected chi connectivity index (χ2v) is 6.32. The van der Waals surface area contributed by atoms with Gasteiger partial charge >= 0.3 is 7.82 Å². The van der Waals surface area contributed by atoms with Crippen molar-refractivity contribution in [1.29, 1.82) is 0 Å². The number of phosphoric ester groups is 1. The van der Waals surface area contributed by atoms with Crippen molar-refractivity contribution in [2.75, 3.05) is 40.0 Å². The summed E-state index contributed by atoms with van der Waals surface area (Å²) in [5, 5.41) is 0. The molecule has 0 fully saturated rings. The standard InChI is InChI=1S/C11H19N2O4P/c1-13(2,3)8-9-16-18(14,15)17-11-7-5-4-6-10(11)12/h4-7H,8-9,12H2,1-3H3/p+1.